The SMILES string of the molecule is Cc1ccc(-c2c3c(c(C)oc2=O)-c2ccccc2CO3)cc1. The van der Waals surface area contributed by atoms with Crippen molar-refractivity contribution in [1.82, 2.24) is 0 Å². The van der Waals surface area contributed by atoms with Gasteiger partial charge in [0, 0.05) is 0 Å². The summed E-state index contributed by atoms with van der Waals surface area (Å²) in [5.41, 5.74) is 5.16. The predicted octanol–water partition coefficient (Wildman–Crippen LogP) is 4.48. The fourth-order valence-electron chi connectivity index (χ4n) is 3.08. The summed E-state index contributed by atoms with van der Waals surface area (Å²) >= 11 is 0. The van der Waals surface area contributed by atoms with Crippen LogP contribution in [0.3, 0.4) is 0 Å². The van der Waals surface area contributed by atoms with Crippen LogP contribution in [-0.2, 0) is 6.61 Å². The minimum Gasteiger partial charge on any atom is -0.487 e. The van der Waals surface area contributed by atoms with E-state index in [1.165, 1.54) is 0 Å². The van der Waals surface area contributed by atoms with Crippen LogP contribution in [0.25, 0.3) is 22.3 Å². The van der Waals surface area contributed by atoms with Crippen LogP contribution in [0.1, 0.15) is 16.9 Å². The number of benzene rings is 2. The molecule has 0 saturated heterocycles. The molecule has 0 unspecified atom stereocenters. The van der Waals surface area contributed by atoms with Crippen LogP contribution in [0.5, 0.6) is 5.75 Å². The second-order valence-electron chi connectivity index (χ2n) is 5.84. The van der Waals surface area contributed by atoms with E-state index in [4.69, 9.17) is 9.15 Å². The molecule has 1 aliphatic heterocycles. The third kappa shape index (κ3) is 2.16. The molecule has 0 amide bonds. The molecule has 0 fully saturated rings. The van der Waals surface area contributed by atoms with Crippen molar-refractivity contribution in [3.8, 4) is 28.0 Å². The summed E-state index contributed by atoms with van der Waals surface area (Å²) in [6.07, 6.45) is 0. The van der Waals surface area contributed by atoms with Crippen molar-refractivity contribution in [3.63, 3.8) is 0 Å². The second-order valence-corrected chi connectivity index (χ2v) is 5.84. The van der Waals surface area contributed by atoms with Gasteiger partial charge in [0.2, 0.25) is 0 Å². The third-order valence-corrected chi connectivity index (χ3v) is 4.26. The number of rotatable bonds is 1. The number of hydrogen-bond acceptors (Lipinski definition) is 3. The molecule has 0 saturated carbocycles. The fourth-order valence-corrected chi connectivity index (χ4v) is 3.08. The fraction of sp³-hybridized carbons (Fsp3) is 0.150. The zero-order valence-corrected chi connectivity index (χ0v) is 13.1. The highest BCUT2D eigenvalue weighted by Gasteiger charge is 2.26. The van der Waals surface area contributed by atoms with Crippen LogP contribution >= 0.6 is 0 Å². The first-order valence-corrected chi connectivity index (χ1v) is 7.61. The van der Waals surface area contributed by atoms with Gasteiger partial charge < -0.3 is 9.15 Å². The van der Waals surface area contributed by atoms with Crippen LogP contribution < -0.4 is 10.4 Å². The van der Waals surface area contributed by atoms with Crippen molar-refractivity contribution in [2.24, 2.45) is 0 Å². The zero-order valence-electron chi connectivity index (χ0n) is 13.1. The van der Waals surface area contributed by atoms with Gasteiger partial charge >= 0.3 is 5.63 Å². The van der Waals surface area contributed by atoms with Crippen molar-refractivity contribution >= 4 is 0 Å². The first kappa shape index (κ1) is 13.8. The Balaban J connectivity index is 2.04. The maximum atomic E-state index is 12.5. The molecule has 23 heavy (non-hydrogen) atoms. The maximum Gasteiger partial charge on any atom is 0.347 e. The van der Waals surface area contributed by atoms with Gasteiger partial charge in [0.25, 0.3) is 0 Å². The van der Waals surface area contributed by atoms with E-state index in [0.717, 1.165) is 27.8 Å². The third-order valence-electron chi connectivity index (χ3n) is 4.26. The van der Waals surface area contributed by atoms with Gasteiger partial charge in [-0.3, -0.25) is 0 Å². The Morgan fingerprint density at radius 1 is 0.913 bits per heavy atom. The van der Waals surface area contributed by atoms with Crippen molar-refractivity contribution < 1.29 is 9.15 Å². The summed E-state index contributed by atoms with van der Waals surface area (Å²) in [6, 6.07) is 15.9. The standard InChI is InChI=1S/C20H16O3/c1-12-7-9-14(10-8-12)18-19-17(13(2)23-20(18)21)16-6-4-3-5-15(16)11-22-19/h3-10H,11H2,1-2H3. The van der Waals surface area contributed by atoms with E-state index >= 15 is 0 Å². The Bertz CT molecular complexity index is 950. The Morgan fingerprint density at radius 2 is 1.65 bits per heavy atom. The number of aryl methyl sites for hydroxylation is 2. The van der Waals surface area contributed by atoms with E-state index in [1.54, 1.807) is 0 Å². The quantitative estimate of drug-likeness (QED) is 0.665. The summed E-state index contributed by atoms with van der Waals surface area (Å²) in [6.45, 7) is 4.29. The first-order chi connectivity index (χ1) is 11.1. The van der Waals surface area contributed by atoms with Crippen molar-refractivity contribution in [2.75, 3.05) is 0 Å². The second kappa shape index (κ2) is 5.13. The van der Waals surface area contributed by atoms with Crippen molar-refractivity contribution in [1.29, 1.82) is 0 Å². The molecule has 2 aromatic carbocycles. The van der Waals surface area contributed by atoms with Gasteiger partial charge in [-0.25, -0.2) is 4.79 Å². The normalized spacial score (nSPS) is 12.3. The van der Waals surface area contributed by atoms with Crippen LogP contribution in [-0.4, -0.2) is 0 Å². The maximum absolute atomic E-state index is 12.5. The summed E-state index contributed by atoms with van der Waals surface area (Å²) in [7, 11) is 0. The molecule has 3 heteroatoms. The van der Waals surface area contributed by atoms with E-state index in [-0.39, 0.29) is 5.63 Å². The van der Waals surface area contributed by atoms with Crippen LogP contribution in [0, 0.1) is 13.8 Å². The van der Waals surface area contributed by atoms with Crippen LogP contribution in [0.15, 0.2) is 57.7 Å². The molecule has 0 aliphatic carbocycles. The topological polar surface area (TPSA) is 39.4 Å². The Morgan fingerprint density at radius 3 is 2.43 bits per heavy atom. The number of fused-ring (bicyclic) bond motifs is 3. The molecule has 1 aliphatic rings. The van der Waals surface area contributed by atoms with E-state index in [0.29, 0.717) is 23.7 Å². The Hall–Kier alpha value is -2.81. The lowest BCUT2D eigenvalue weighted by Crippen LogP contribution is -2.14. The van der Waals surface area contributed by atoms with Gasteiger partial charge in [0.05, 0.1) is 5.56 Å². The summed E-state index contributed by atoms with van der Waals surface area (Å²) in [5, 5.41) is 0. The van der Waals surface area contributed by atoms with E-state index in [9.17, 15) is 4.79 Å². The molecule has 0 bridgehead atoms. The molecule has 0 radical (unpaired) electrons. The zero-order chi connectivity index (χ0) is 16.0. The molecular weight excluding hydrogens is 288 g/mol. The Labute approximate surface area is 134 Å². The number of hydrogen-bond donors (Lipinski definition) is 0. The molecule has 3 nitrogen and oxygen atoms in total. The average molecular weight is 304 g/mol. The van der Waals surface area contributed by atoms with Gasteiger partial charge in [-0.2, -0.15) is 0 Å². The largest absolute Gasteiger partial charge is 0.487 e. The summed E-state index contributed by atoms with van der Waals surface area (Å²) in [4.78, 5) is 12.5. The highest BCUT2D eigenvalue weighted by Crippen LogP contribution is 2.43. The molecule has 4 rings (SSSR count). The molecule has 3 aromatic rings. The molecule has 0 atom stereocenters. The molecular formula is C20H16O3. The van der Waals surface area contributed by atoms with E-state index in [2.05, 4.69) is 0 Å². The molecule has 2 heterocycles. The molecule has 0 spiro atoms. The van der Waals surface area contributed by atoms with E-state index in [1.807, 2.05) is 62.4 Å². The molecule has 1 aromatic heterocycles. The van der Waals surface area contributed by atoms with Crippen molar-refractivity contribution in [2.45, 2.75) is 20.5 Å². The van der Waals surface area contributed by atoms with Crippen molar-refractivity contribution in [3.05, 3.63) is 75.8 Å². The summed E-state index contributed by atoms with van der Waals surface area (Å²) < 4.78 is 11.5. The molecule has 0 N–H and O–H groups in total. The minimum absolute atomic E-state index is 0.357. The van der Waals surface area contributed by atoms with Gasteiger partial charge in [-0.15, -0.1) is 0 Å². The van der Waals surface area contributed by atoms with E-state index < -0.39 is 0 Å². The molecule has 114 valence electrons. The van der Waals surface area contributed by atoms with Crippen LogP contribution in [0.2, 0.25) is 0 Å². The average Bonchev–Trinajstić information content (AvgIpc) is 2.56. The van der Waals surface area contributed by atoms with Gasteiger partial charge in [-0.05, 0) is 30.5 Å². The van der Waals surface area contributed by atoms with Gasteiger partial charge in [0.15, 0.2) is 0 Å². The monoisotopic (exact) mass is 304 g/mol. The summed E-state index contributed by atoms with van der Waals surface area (Å²) in [5.74, 6) is 1.22. The number of ether oxygens (including phenoxy) is 1. The lowest BCUT2D eigenvalue weighted by Gasteiger charge is -2.23. The lowest BCUT2D eigenvalue weighted by atomic mass is 9.93. The lowest BCUT2D eigenvalue weighted by molar-refractivity contribution is 0.298. The predicted molar refractivity (Wildman–Crippen MR) is 89.7 cm³/mol. The highest BCUT2D eigenvalue weighted by molar-refractivity contribution is 5.84. The minimum atomic E-state index is -0.357. The van der Waals surface area contributed by atoms with Crippen LogP contribution in [0.4, 0.5) is 0 Å². The highest BCUT2D eigenvalue weighted by atomic mass is 16.5. The van der Waals surface area contributed by atoms with Gasteiger partial charge in [0.1, 0.15) is 23.7 Å². The smallest absolute Gasteiger partial charge is 0.347 e. The Kier molecular flexibility index (Phi) is 3.08. The first-order valence-electron chi connectivity index (χ1n) is 7.61. The van der Waals surface area contributed by atoms with Gasteiger partial charge in [-0.1, -0.05) is 54.1 Å².